The number of nitrogens with one attached hydrogen (secondary N) is 1. The maximum absolute atomic E-state index is 11.4. The third-order valence-electron chi connectivity index (χ3n) is 2.38. The summed E-state index contributed by atoms with van der Waals surface area (Å²) in [7, 11) is 1.96. The fourth-order valence-corrected chi connectivity index (χ4v) is 1.82. The lowest BCUT2D eigenvalue weighted by atomic mass is 10.2. The van der Waals surface area contributed by atoms with E-state index in [-0.39, 0.29) is 5.91 Å². The van der Waals surface area contributed by atoms with Gasteiger partial charge in [-0.05, 0) is 12.8 Å². The number of hydrogen-bond acceptors (Lipinski definition) is 2. The summed E-state index contributed by atoms with van der Waals surface area (Å²) in [6.07, 6.45) is 7.08. The molecular weight excluding hydrogens is 270 g/mol. The van der Waals surface area contributed by atoms with E-state index in [2.05, 4.69) is 26.2 Å². The van der Waals surface area contributed by atoms with Gasteiger partial charge in [-0.25, -0.2) is 4.98 Å². The molecule has 0 bridgehead atoms. The number of imidazole rings is 1. The molecule has 0 aromatic carbocycles. The number of alkyl halides is 1. The summed E-state index contributed by atoms with van der Waals surface area (Å²) in [4.78, 5) is 15.6. The molecule has 5 heteroatoms. The number of carbonyl (C=O) groups excluding carboxylic acids is 1. The van der Waals surface area contributed by atoms with E-state index in [0.717, 1.165) is 30.4 Å². The molecular formula is C11H18BrN3O. The zero-order chi connectivity index (χ0) is 11.8. The minimum atomic E-state index is 0.134. The number of rotatable bonds is 7. The van der Waals surface area contributed by atoms with Gasteiger partial charge in [0.1, 0.15) is 5.82 Å². The molecule has 0 aliphatic heterocycles. The van der Waals surface area contributed by atoms with Crippen LogP contribution >= 0.6 is 15.9 Å². The second-order valence-corrected chi connectivity index (χ2v) is 4.49. The molecule has 1 aromatic rings. The third kappa shape index (κ3) is 4.79. The quantitative estimate of drug-likeness (QED) is 0.612. The van der Waals surface area contributed by atoms with Crippen LogP contribution in [0.3, 0.4) is 0 Å². The molecule has 0 fully saturated rings. The van der Waals surface area contributed by atoms with Crippen LogP contribution < -0.4 is 5.32 Å². The van der Waals surface area contributed by atoms with Crippen molar-refractivity contribution >= 4 is 21.8 Å². The number of halogens is 1. The van der Waals surface area contributed by atoms with E-state index in [0.29, 0.717) is 13.0 Å². The summed E-state index contributed by atoms with van der Waals surface area (Å²) in [5, 5.41) is 3.87. The van der Waals surface area contributed by atoms with Gasteiger partial charge in [-0.3, -0.25) is 4.79 Å². The van der Waals surface area contributed by atoms with Gasteiger partial charge in [-0.2, -0.15) is 0 Å². The van der Waals surface area contributed by atoms with E-state index in [1.807, 2.05) is 17.8 Å². The Hall–Kier alpha value is -0.840. The average Bonchev–Trinajstić information content (AvgIpc) is 2.65. The van der Waals surface area contributed by atoms with Crippen molar-refractivity contribution in [1.29, 1.82) is 0 Å². The van der Waals surface area contributed by atoms with E-state index < -0.39 is 0 Å². The van der Waals surface area contributed by atoms with Crippen LogP contribution in [-0.2, 0) is 18.3 Å². The van der Waals surface area contributed by atoms with Crippen molar-refractivity contribution in [2.24, 2.45) is 7.05 Å². The van der Waals surface area contributed by atoms with Gasteiger partial charge in [0.15, 0.2) is 0 Å². The Morgan fingerprint density at radius 3 is 3.00 bits per heavy atom. The van der Waals surface area contributed by atoms with Crippen molar-refractivity contribution in [3.63, 3.8) is 0 Å². The minimum Gasteiger partial charge on any atom is -0.356 e. The number of aryl methyl sites for hydroxylation is 1. The summed E-state index contributed by atoms with van der Waals surface area (Å²) < 4.78 is 1.97. The van der Waals surface area contributed by atoms with Crippen molar-refractivity contribution in [1.82, 2.24) is 14.9 Å². The second kappa shape index (κ2) is 7.44. The van der Waals surface area contributed by atoms with Gasteiger partial charge < -0.3 is 9.88 Å². The monoisotopic (exact) mass is 287 g/mol. The Labute approximate surface area is 105 Å². The van der Waals surface area contributed by atoms with Crippen LogP contribution in [0.15, 0.2) is 12.4 Å². The first-order valence-electron chi connectivity index (χ1n) is 5.53. The van der Waals surface area contributed by atoms with Crippen LogP contribution in [0.4, 0.5) is 0 Å². The van der Waals surface area contributed by atoms with Gasteiger partial charge in [0.25, 0.3) is 0 Å². The SMILES string of the molecule is Cn1ccnc1CCNC(=O)CCCCBr. The van der Waals surface area contributed by atoms with Gasteiger partial charge in [0.05, 0.1) is 0 Å². The second-order valence-electron chi connectivity index (χ2n) is 3.70. The number of nitrogens with zero attached hydrogens (tertiary/aromatic N) is 2. The standard InChI is InChI=1S/C11H18BrN3O/c1-15-9-8-13-10(15)5-7-14-11(16)4-2-3-6-12/h8-9H,2-7H2,1H3,(H,14,16). The zero-order valence-electron chi connectivity index (χ0n) is 9.58. The van der Waals surface area contributed by atoms with Gasteiger partial charge in [-0.15, -0.1) is 0 Å². The molecule has 0 spiro atoms. The lowest BCUT2D eigenvalue weighted by Crippen LogP contribution is -2.26. The van der Waals surface area contributed by atoms with Gasteiger partial charge >= 0.3 is 0 Å². The van der Waals surface area contributed by atoms with Crippen molar-refractivity contribution in [3.05, 3.63) is 18.2 Å². The molecule has 0 radical (unpaired) electrons. The first kappa shape index (κ1) is 13.2. The molecule has 4 nitrogen and oxygen atoms in total. The van der Waals surface area contributed by atoms with Crippen LogP contribution in [0.5, 0.6) is 0 Å². The van der Waals surface area contributed by atoms with E-state index in [1.165, 1.54) is 0 Å². The van der Waals surface area contributed by atoms with Gasteiger partial charge in [-0.1, -0.05) is 15.9 Å². The maximum atomic E-state index is 11.4. The van der Waals surface area contributed by atoms with E-state index in [1.54, 1.807) is 6.20 Å². The highest BCUT2D eigenvalue weighted by molar-refractivity contribution is 9.09. The van der Waals surface area contributed by atoms with Gasteiger partial charge in [0.2, 0.25) is 5.91 Å². The predicted octanol–water partition coefficient (Wildman–Crippen LogP) is 1.64. The topological polar surface area (TPSA) is 46.9 Å². The lowest BCUT2D eigenvalue weighted by Gasteiger charge is -2.04. The summed E-state index contributed by atoms with van der Waals surface area (Å²) in [6.45, 7) is 0.665. The molecule has 1 rings (SSSR count). The number of hydrogen-bond donors (Lipinski definition) is 1. The Kier molecular flexibility index (Phi) is 6.15. The molecule has 0 saturated carbocycles. The average molecular weight is 288 g/mol. The highest BCUT2D eigenvalue weighted by Gasteiger charge is 2.02. The molecule has 1 aromatic heterocycles. The summed E-state index contributed by atoms with van der Waals surface area (Å²) in [5.41, 5.74) is 0. The Bertz CT molecular complexity index is 325. The fourth-order valence-electron chi connectivity index (χ4n) is 1.42. The fraction of sp³-hybridized carbons (Fsp3) is 0.636. The summed E-state index contributed by atoms with van der Waals surface area (Å²) >= 11 is 3.34. The van der Waals surface area contributed by atoms with Crippen LogP contribution in [0.1, 0.15) is 25.1 Å². The van der Waals surface area contributed by atoms with Crippen molar-refractivity contribution < 1.29 is 4.79 Å². The first-order valence-corrected chi connectivity index (χ1v) is 6.65. The van der Waals surface area contributed by atoms with Gasteiger partial charge in [0, 0.05) is 44.2 Å². The molecule has 0 unspecified atom stereocenters. The lowest BCUT2D eigenvalue weighted by molar-refractivity contribution is -0.121. The Morgan fingerprint density at radius 2 is 2.38 bits per heavy atom. The first-order chi connectivity index (χ1) is 7.74. The molecule has 1 N–H and O–H groups in total. The van der Waals surface area contributed by atoms with E-state index in [9.17, 15) is 4.79 Å². The Morgan fingerprint density at radius 1 is 1.56 bits per heavy atom. The zero-order valence-corrected chi connectivity index (χ0v) is 11.2. The smallest absolute Gasteiger partial charge is 0.220 e. The van der Waals surface area contributed by atoms with Crippen molar-refractivity contribution in [2.45, 2.75) is 25.7 Å². The highest BCUT2D eigenvalue weighted by atomic mass is 79.9. The predicted molar refractivity (Wildman–Crippen MR) is 67.6 cm³/mol. The highest BCUT2D eigenvalue weighted by Crippen LogP contribution is 1.98. The minimum absolute atomic E-state index is 0.134. The third-order valence-corrected chi connectivity index (χ3v) is 2.94. The number of aromatic nitrogens is 2. The maximum Gasteiger partial charge on any atom is 0.220 e. The van der Waals surface area contributed by atoms with E-state index >= 15 is 0 Å². The van der Waals surface area contributed by atoms with Crippen LogP contribution in [0.25, 0.3) is 0 Å². The molecule has 0 aliphatic carbocycles. The molecule has 0 aliphatic rings. The van der Waals surface area contributed by atoms with Crippen LogP contribution in [0.2, 0.25) is 0 Å². The molecule has 16 heavy (non-hydrogen) atoms. The molecule has 0 saturated heterocycles. The molecule has 0 atom stereocenters. The summed E-state index contributed by atoms with van der Waals surface area (Å²) in [6, 6.07) is 0. The number of unbranched alkanes of at least 4 members (excludes halogenated alkanes) is 1. The number of amides is 1. The molecule has 90 valence electrons. The Balaban J connectivity index is 2.11. The largest absolute Gasteiger partial charge is 0.356 e. The van der Waals surface area contributed by atoms with Crippen LogP contribution in [-0.4, -0.2) is 27.3 Å². The van der Waals surface area contributed by atoms with Crippen LogP contribution in [0, 0.1) is 0 Å². The normalized spacial score (nSPS) is 10.4. The molecule has 1 heterocycles. The number of carbonyl (C=O) groups is 1. The van der Waals surface area contributed by atoms with Crippen molar-refractivity contribution in [3.8, 4) is 0 Å². The van der Waals surface area contributed by atoms with Crippen molar-refractivity contribution in [2.75, 3.05) is 11.9 Å². The summed E-state index contributed by atoms with van der Waals surface area (Å²) in [5.74, 6) is 1.14. The van der Waals surface area contributed by atoms with E-state index in [4.69, 9.17) is 0 Å². The molecule has 1 amide bonds.